The van der Waals surface area contributed by atoms with Crippen molar-refractivity contribution in [2.45, 2.75) is 19.3 Å². The first-order valence-corrected chi connectivity index (χ1v) is 6.86. The van der Waals surface area contributed by atoms with Crippen LogP contribution in [0.4, 0.5) is 4.39 Å². The Morgan fingerprint density at radius 2 is 2.26 bits per heavy atom. The van der Waals surface area contributed by atoms with Crippen molar-refractivity contribution in [3.63, 3.8) is 0 Å². The van der Waals surface area contributed by atoms with Gasteiger partial charge in [0.15, 0.2) is 0 Å². The molecule has 1 fully saturated rings. The summed E-state index contributed by atoms with van der Waals surface area (Å²) in [7, 11) is 0. The average molecular weight is 286 g/mol. The zero-order valence-electron chi connectivity index (χ0n) is 10.6. The minimum Gasteiger partial charge on any atom is -0.381 e. The summed E-state index contributed by atoms with van der Waals surface area (Å²) in [6.07, 6.45) is 3.25. The molecule has 0 saturated heterocycles. The number of ether oxygens (including phenoxy) is 1. The maximum atomic E-state index is 13.5. The summed E-state index contributed by atoms with van der Waals surface area (Å²) in [5.41, 5.74) is -0.0944. The topological polar surface area (TPSA) is 38.3 Å². The van der Waals surface area contributed by atoms with Gasteiger partial charge >= 0.3 is 0 Å². The molecule has 0 spiro atoms. The summed E-state index contributed by atoms with van der Waals surface area (Å²) < 4.78 is 18.9. The van der Waals surface area contributed by atoms with Crippen molar-refractivity contribution < 1.29 is 13.9 Å². The number of amides is 1. The van der Waals surface area contributed by atoms with Crippen LogP contribution >= 0.6 is 11.6 Å². The lowest BCUT2D eigenvalue weighted by molar-refractivity contribution is 0.0933. The third kappa shape index (κ3) is 4.48. The number of benzene rings is 1. The predicted molar refractivity (Wildman–Crippen MR) is 71.9 cm³/mol. The van der Waals surface area contributed by atoms with Crippen LogP contribution in [-0.2, 0) is 4.74 Å². The minimum atomic E-state index is -0.602. The molecule has 5 heteroatoms. The number of carbonyl (C=O) groups is 1. The van der Waals surface area contributed by atoms with Gasteiger partial charge in [-0.25, -0.2) is 4.39 Å². The summed E-state index contributed by atoms with van der Waals surface area (Å²) in [6, 6.07) is 4.19. The highest BCUT2D eigenvalue weighted by molar-refractivity contribution is 6.33. The molecule has 1 aliphatic rings. The molecule has 1 saturated carbocycles. The molecule has 1 N–H and O–H groups in total. The van der Waals surface area contributed by atoms with Gasteiger partial charge in [-0.1, -0.05) is 17.7 Å². The van der Waals surface area contributed by atoms with Crippen LogP contribution in [0.1, 0.15) is 29.6 Å². The number of halogens is 2. The van der Waals surface area contributed by atoms with E-state index in [1.54, 1.807) is 0 Å². The minimum absolute atomic E-state index is 0.0944. The number of hydrogen-bond donors (Lipinski definition) is 1. The Bertz CT molecular complexity index is 429. The van der Waals surface area contributed by atoms with Crippen LogP contribution in [0, 0.1) is 11.7 Å². The Morgan fingerprint density at radius 1 is 1.47 bits per heavy atom. The predicted octanol–water partition coefficient (Wildman–Crippen LogP) is 3.03. The molecule has 0 heterocycles. The van der Waals surface area contributed by atoms with E-state index < -0.39 is 11.7 Å². The van der Waals surface area contributed by atoms with E-state index in [0.29, 0.717) is 19.6 Å². The van der Waals surface area contributed by atoms with Crippen molar-refractivity contribution in [1.29, 1.82) is 0 Å². The first kappa shape index (κ1) is 14.3. The van der Waals surface area contributed by atoms with Gasteiger partial charge in [-0.3, -0.25) is 4.79 Å². The van der Waals surface area contributed by atoms with Crippen LogP contribution in [-0.4, -0.2) is 25.7 Å². The molecule has 0 radical (unpaired) electrons. The number of rotatable bonds is 7. The maximum Gasteiger partial charge on any atom is 0.255 e. The van der Waals surface area contributed by atoms with Gasteiger partial charge in [0.1, 0.15) is 5.82 Å². The van der Waals surface area contributed by atoms with E-state index in [9.17, 15) is 9.18 Å². The van der Waals surface area contributed by atoms with E-state index in [-0.39, 0.29) is 10.6 Å². The van der Waals surface area contributed by atoms with E-state index >= 15 is 0 Å². The maximum absolute atomic E-state index is 13.5. The van der Waals surface area contributed by atoms with Crippen LogP contribution in [0.2, 0.25) is 5.02 Å². The Morgan fingerprint density at radius 3 is 2.95 bits per heavy atom. The molecule has 0 atom stereocenters. The van der Waals surface area contributed by atoms with Crippen molar-refractivity contribution >= 4 is 17.5 Å². The van der Waals surface area contributed by atoms with Gasteiger partial charge < -0.3 is 10.1 Å². The van der Waals surface area contributed by atoms with E-state index in [2.05, 4.69) is 5.32 Å². The Kier molecular flexibility index (Phi) is 5.16. The van der Waals surface area contributed by atoms with Crippen LogP contribution in [0.25, 0.3) is 0 Å². The zero-order valence-corrected chi connectivity index (χ0v) is 11.4. The molecular formula is C14H17ClFNO2. The SMILES string of the molecule is O=C(NCCCOCC1CC1)c1c(F)cccc1Cl. The molecule has 1 aromatic rings. The van der Waals surface area contributed by atoms with Gasteiger partial charge in [-0.05, 0) is 37.3 Å². The lowest BCUT2D eigenvalue weighted by Crippen LogP contribution is -2.26. The smallest absolute Gasteiger partial charge is 0.255 e. The van der Waals surface area contributed by atoms with E-state index in [1.807, 2.05) is 0 Å². The highest BCUT2D eigenvalue weighted by atomic mass is 35.5. The highest BCUT2D eigenvalue weighted by Crippen LogP contribution is 2.28. The number of carbonyl (C=O) groups excluding carboxylic acids is 1. The van der Waals surface area contributed by atoms with Crippen LogP contribution < -0.4 is 5.32 Å². The molecule has 0 aromatic heterocycles. The summed E-state index contributed by atoms with van der Waals surface area (Å²) in [5.74, 6) is -0.341. The second-order valence-corrected chi connectivity index (χ2v) is 5.13. The van der Waals surface area contributed by atoms with Crippen LogP contribution in [0.5, 0.6) is 0 Å². The van der Waals surface area contributed by atoms with Gasteiger partial charge in [0, 0.05) is 19.8 Å². The monoisotopic (exact) mass is 285 g/mol. The molecule has 19 heavy (non-hydrogen) atoms. The summed E-state index contributed by atoms with van der Waals surface area (Å²) >= 11 is 5.80. The van der Waals surface area contributed by atoms with E-state index in [0.717, 1.165) is 12.5 Å². The van der Waals surface area contributed by atoms with Gasteiger partial charge in [0.2, 0.25) is 0 Å². The molecule has 104 valence electrons. The molecule has 1 aromatic carbocycles. The van der Waals surface area contributed by atoms with Gasteiger partial charge in [0.25, 0.3) is 5.91 Å². The zero-order chi connectivity index (χ0) is 13.7. The van der Waals surface area contributed by atoms with Gasteiger partial charge in [0.05, 0.1) is 10.6 Å². The van der Waals surface area contributed by atoms with Gasteiger partial charge in [-0.15, -0.1) is 0 Å². The fourth-order valence-corrected chi connectivity index (χ4v) is 1.96. The normalized spacial score (nSPS) is 14.4. The lowest BCUT2D eigenvalue weighted by Gasteiger charge is -2.08. The van der Waals surface area contributed by atoms with Crippen molar-refractivity contribution in [3.05, 3.63) is 34.6 Å². The summed E-state index contributed by atoms with van der Waals surface area (Å²) in [4.78, 5) is 11.8. The lowest BCUT2D eigenvalue weighted by atomic mass is 10.2. The standard InChI is InChI=1S/C14H17ClFNO2/c15-11-3-1-4-12(16)13(11)14(18)17-7-2-8-19-9-10-5-6-10/h1,3-4,10H,2,5-9H2,(H,17,18). The third-order valence-corrected chi connectivity index (χ3v) is 3.31. The van der Waals surface area contributed by atoms with Crippen molar-refractivity contribution in [3.8, 4) is 0 Å². The Labute approximate surface area is 117 Å². The first-order chi connectivity index (χ1) is 9.18. The quantitative estimate of drug-likeness (QED) is 0.782. The molecule has 0 unspecified atom stereocenters. The van der Waals surface area contributed by atoms with Gasteiger partial charge in [-0.2, -0.15) is 0 Å². The highest BCUT2D eigenvalue weighted by Gasteiger charge is 2.20. The Balaban J connectivity index is 1.68. The third-order valence-electron chi connectivity index (χ3n) is 2.99. The molecular weight excluding hydrogens is 269 g/mol. The van der Waals surface area contributed by atoms with E-state index in [1.165, 1.54) is 31.0 Å². The van der Waals surface area contributed by atoms with E-state index in [4.69, 9.17) is 16.3 Å². The van der Waals surface area contributed by atoms with Crippen LogP contribution in [0.15, 0.2) is 18.2 Å². The molecule has 0 bridgehead atoms. The summed E-state index contributed by atoms with van der Waals surface area (Å²) in [6.45, 7) is 1.88. The first-order valence-electron chi connectivity index (χ1n) is 6.48. The van der Waals surface area contributed by atoms with Crippen molar-refractivity contribution in [2.24, 2.45) is 5.92 Å². The largest absolute Gasteiger partial charge is 0.381 e. The molecule has 1 amide bonds. The van der Waals surface area contributed by atoms with Crippen molar-refractivity contribution in [1.82, 2.24) is 5.32 Å². The number of hydrogen-bond acceptors (Lipinski definition) is 2. The number of nitrogens with one attached hydrogen (secondary N) is 1. The Hall–Kier alpha value is -1.13. The average Bonchev–Trinajstić information content (AvgIpc) is 3.17. The molecule has 3 nitrogen and oxygen atoms in total. The van der Waals surface area contributed by atoms with Crippen LogP contribution in [0.3, 0.4) is 0 Å². The fourth-order valence-electron chi connectivity index (χ4n) is 1.71. The summed E-state index contributed by atoms with van der Waals surface area (Å²) in [5, 5.41) is 2.77. The second kappa shape index (κ2) is 6.87. The molecule has 1 aliphatic carbocycles. The second-order valence-electron chi connectivity index (χ2n) is 4.72. The van der Waals surface area contributed by atoms with Crippen molar-refractivity contribution in [2.75, 3.05) is 19.8 Å². The molecule has 2 rings (SSSR count). The molecule has 0 aliphatic heterocycles. The fraction of sp³-hybridized carbons (Fsp3) is 0.500.